The first-order chi connectivity index (χ1) is 10.0. The molecule has 2 rings (SSSR count). The van der Waals surface area contributed by atoms with Crippen LogP contribution in [0.15, 0.2) is 36.4 Å². The molecule has 0 fully saturated rings. The van der Waals surface area contributed by atoms with E-state index < -0.39 is 4.92 Å². The van der Waals surface area contributed by atoms with Gasteiger partial charge in [-0.05, 0) is 42.3 Å². The first-order valence-corrected chi connectivity index (χ1v) is 6.73. The highest BCUT2D eigenvalue weighted by molar-refractivity contribution is 6.32. The summed E-state index contributed by atoms with van der Waals surface area (Å²) in [4.78, 5) is 10.4. The van der Waals surface area contributed by atoms with E-state index in [1.54, 1.807) is 25.2 Å². The van der Waals surface area contributed by atoms with Crippen molar-refractivity contribution < 1.29 is 9.66 Å². The van der Waals surface area contributed by atoms with Gasteiger partial charge in [0.2, 0.25) is 0 Å². The number of nitro benzene ring substituents is 1. The molecule has 0 bridgehead atoms. The molecule has 2 aromatic rings. The number of nitro groups is 1. The topological polar surface area (TPSA) is 64.4 Å². The summed E-state index contributed by atoms with van der Waals surface area (Å²) in [7, 11) is 1.64. The highest BCUT2D eigenvalue weighted by Gasteiger charge is 2.13. The minimum Gasteiger partial charge on any atom is -0.487 e. The molecule has 1 N–H and O–H groups in total. The number of aryl methyl sites for hydroxylation is 1. The van der Waals surface area contributed by atoms with E-state index in [4.69, 9.17) is 16.3 Å². The summed E-state index contributed by atoms with van der Waals surface area (Å²) in [5.74, 6) is 0.598. The molecule has 5 nitrogen and oxygen atoms in total. The van der Waals surface area contributed by atoms with Crippen LogP contribution in [-0.2, 0) is 6.61 Å². The molecule has 2 aromatic carbocycles. The molecule has 21 heavy (non-hydrogen) atoms. The van der Waals surface area contributed by atoms with Crippen molar-refractivity contribution in [2.45, 2.75) is 13.5 Å². The van der Waals surface area contributed by atoms with Crippen LogP contribution in [0.25, 0.3) is 0 Å². The average molecular weight is 307 g/mol. The van der Waals surface area contributed by atoms with Gasteiger partial charge in [0, 0.05) is 13.1 Å². The van der Waals surface area contributed by atoms with Crippen molar-refractivity contribution in [2.75, 3.05) is 12.4 Å². The van der Waals surface area contributed by atoms with Crippen molar-refractivity contribution in [3.8, 4) is 5.75 Å². The smallest absolute Gasteiger partial charge is 0.292 e. The summed E-state index contributed by atoms with van der Waals surface area (Å²) in [6, 6.07) is 10.4. The van der Waals surface area contributed by atoms with Crippen molar-refractivity contribution in [3.05, 3.63) is 62.7 Å². The van der Waals surface area contributed by atoms with Gasteiger partial charge in [0.05, 0.1) is 9.95 Å². The predicted molar refractivity (Wildman–Crippen MR) is 83.2 cm³/mol. The molecule has 110 valence electrons. The summed E-state index contributed by atoms with van der Waals surface area (Å²) in [6.45, 7) is 2.24. The zero-order valence-corrected chi connectivity index (χ0v) is 12.5. The van der Waals surface area contributed by atoms with Crippen molar-refractivity contribution in [1.82, 2.24) is 0 Å². The van der Waals surface area contributed by atoms with Gasteiger partial charge in [-0.3, -0.25) is 10.1 Å². The molecular weight excluding hydrogens is 292 g/mol. The van der Waals surface area contributed by atoms with Gasteiger partial charge in [-0.2, -0.15) is 0 Å². The Morgan fingerprint density at radius 3 is 2.71 bits per heavy atom. The summed E-state index contributed by atoms with van der Waals surface area (Å²) in [6.07, 6.45) is 0. The Morgan fingerprint density at radius 1 is 1.29 bits per heavy atom. The number of halogens is 1. The predicted octanol–water partition coefficient (Wildman–Crippen LogP) is 4.18. The largest absolute Gasteiger partial charge is 0.487 e. The third-order valence-electron chi connectivity index (χ3n) is 3.01. The van der Waals surface area contributed by atoms with Crippen molar-refractivity contribution in [3.63, 3.8) is 0 Å². The third-order valence-corrected chi connectivity index (χ3v) is 3.32. The monoisotopic (exact) mass is 306 g/mol. The number of anilines is 1. The molecule has 0 saturated heterocycles. The lowest BCUT2D eigenvalue weighted by atomic mass is 10.2. The fourth-order valence-electron chi connectivity index (χ4n) is 1.91. The second kappa shape index (κ2) is 6.45. The molecule has 0 heterocycles. The molecule has 0 spiro atoms. The Labute approximate surface area is 127 Å². The molecule has 0 aromatic heterocycles. The third kappa shape index (κ3) is 3.64. The fourth-order valence-corrected chi connectivity index (χ4v) is 2.09. The highest BCUT2D eigenvalue weighted by atomic mass is 35.5. The van der Waals surface area contributed by atoms with E-state index >= 15 is 0 Å². The van der Waals surface area contributed by atoms with Gasteiger partial charge in [-0.1, -0.05) is 17.7 Å². The van der Waals surface area contributed by atoms with Crippen LogP contribution >= 0.6 is 11.6 Å². The highest BCUT2D eigenvalue weighted by Crippen LogP contribution is 2.28. The minimum absolute atomic E-state index is 0.0369. The zero-order valence-electron chi connectivity index (χ0n) is 11.7. The quantitative estimate of drug-likeness (QED) is 0.665. The number of hydrogen-bond donors (Lipinski definition) is 1. The van der Waals surface area contributed by atoms with E-state index in [1.807, 2.05) is 19.1 Å². The van der Waals surface area contributed by atoms with E-state index in [1.165, 1.54) is 6.07 Å². The van der Waals surface area contributed by atoms with Crippen LogP contribution in [-0.4, -0.2) is 12.0 Å². The maximum absolute atomic E-state index is 10.9. The Kier molecular flexibility index (Phi) is 4.65. The van der Waals surface area contributed by atoms with Crippen LogP contribution < -0.4 is 10.1 Å². The molecule has 6 heteroatoms. The summed E-state index contributed by atoms with van der Waals surface area (Å²) in [5.41, 5.74) is 2.36. The lowest BCUT2D eigenvalue weighted by Gasteiger charge is -2.10. The van der Waals surface area contributed by atoms with Crippen molar-refractivity contribution in [1.29, 1.82) is 0 Å². The maximum Gasteiger partial charge on any atom is 0.292 e. The van der Waals surface area contributed by atoms with Gasteiger partial charge in [0.15, 0.2) is 0 Å². The molecule has 0 unspecified atom stereocenters. The van der Waals surface area contributed by atoms with Gasteiger partial charge in [-0.25, -0.2) is 0 Å². The van der Waals surface area contributed by atoms with E-state index in [0.29, 0.717) is 16.5 Å². The number of nitrogens with zero attached hydrogens (tertiary/aromatic N) is 1. The molecule has 0 aliphatic rings. The van der Waals surface area contributed by atoms with Crippen molar-refractivity contribution in [2.24, 2.45) is 0 Å². The molecule has 0 atom stereocenters. The number of benzene rings is 2. The van der Waals surface area contributed by atoms with Crippen LogP contribution in [0.4, 0.5) is 11.4 Å². The molecule has 0 amide bonds. The fraction of sp³-hybridized carbons (Fsp3) is 0.200. The number of hydrogen-bond acceptors (Lipinski definition) is 4. The lowest BCUT2D eigenvalue weighted by Crippen LogP contribution is -2.00. The van der Waals surface area contributed by atoms with Crippen LogP contribution in [0.3, 0.4) is 0 Å². The van der Waals surface area contributed by atoms with Gasteiger partial charge in [-0.15, -0.1) is 0 Å². The number of ether oxygens (including phenoxy) is 1. The molecular formula is C15H15ClN2O3. The standard InChI is InChI=1S/C15H15ClN2O3/c1-10-3-5-12(16)15(7-10)21-9-11-4-6-14(18(19)20)13(8-11)17-2/h3-8,17H,9H2,1-2H3. The first-order valence-electron chi connectivity index (χ1n) is 6.35. The second-order valence-electron chi connectivity index (χ2n) is 4.58. The molecule has 0 radical (unpaired) electrons. The van der Waals surface area contributed by atoms with E-state index in [9.17, 15) is 10.1 Å². The average Bonchev–Trinajstić information content (AvgIpc) is 2.47. The van der Waals surface area contributed by atoms with Crippen LogP contribution in [0.1, 0.15) is 11.1 Å². The van der Waals surface area contributed by atoms with Gasteiger partial charge in [0.25, 0.3) is 5.69 Å². The summed E-state index contributed by atoms with van der Waals surface area (Å²) in [5, 5.41) is 14.2. The second-order valence-corrected chi connectivity index (χ2v) is 4.99. The normalized spacial score (nSPS) is 10.2. The Bertz CT molecular complexity index is 674. The summed E-state index contributed by atoms with van der Waals surface area (Å²) < 4.78 is 5.67. The van der Waals surface area contributed by atoms with Crippen LogP contribution in [0, 0.1) is 17.0 Å². The Balaban J connectivity index is 2.17. The van der Waals surface area contributed by atoms with Crippen molar-refractivity contribution >= 4 is 23.0 Å². The number of rotatable bonds is 5. The number of nitrogens with one attached hydrogen (secondary N) is 1. The zero-order chi connectivity index (χ0) is 15.4. The van der Waals surface area contributed by atoms with E-state index in [-0.39, 0.29) is 12.3 Å². The van der Waals surface area contributed by atoms with E-state index in [2.05, 4.69) is 5.32 Å². The first kappa shape index (κ1) is 15.1. The molecule has 0 saturated carbocycles. The molecule has 0 aliphatic heterocycles. The Hall–Kier alpha value is -2.27. The summed E-state index contributed by atoms with van der Waals surface area (Å²) >= 11 is 6.06. The van der Waals surface area contributed by atoms with Gasteiger partial charge < -0.3 is 10.1 Å². The Morgan fingerprint density at radius 2 is 2.05 bits per heavy atom. The minimum atomic E-state index is -0.423. The van der Waals surface area contributed by atoms with E-state index in [0.717, 1.165) is 11.1 Å². The van der Waals surface area contributed by atoms with Crippen LogP contribution in [0.2, 0.25) is 5.02 Å². The lowest BCUT2D eigenvalue weighted by molar-refractivity contribution is -0.384. The van der Waals surface area contributed by atoms with Crippen LogP contribution in [0.5, 0.6) is 5.75 Å². The van der Waals surface area contributed by atoms with Gasteiger partial charge >= 0.3 is 0 Å². The SMILES string of the molecule is CNc1cc(COc2cc(C)ccc2Cl)ccc1[N+](=O)[O-]. The maximum atomic E-state index is 10.9. The molecule has 0 aliphatic carbocycles. The van der Waals surface area contributed by atoms with Gasteiger partial charge in [0.1, 0.15) is 18.0 Å².